The number of ketones is 1. The number of likely N-dealkylation sites (N-methyl/N-ethyl adjacent to an activating group) is 1. The van der Waals surface area contributed by atoms with E-state index in [0.29, 0.717) is 5.56 Å². The van der Waals surface area contributed by atoms with Crippen molar-refractivity contribution in [3.05, 3.63) is 29.1 Å². The fourth-order valence-corrected chi connectivity index (χ4v) is 2.58. The lowest BCUT2D eigenvalue weighted by atomic mass is 10.1. The van der Waals surface area contributed by atoms with E-state index < -0.39 is 17.5 Å². The number of hydrogen-bond acceptors (Lipinski definition) is 3. The van der Waals surface area contributed by atoms with Gasteiger partial charge in [-0.2, -0.15) is 0 Å². The highest BCUT2D eigenvalue weighted by Gasteiger charge is 2.40. The van der Waals surface area contributed by atoms with E-state index in [9.17, 15) is 18.8 Å². The fraction of sp³-hybridized carbons (Fsp3) is 0.400. The van der Waals surface area contributed by atoms with Gasteiger partial charge in [0.1, 0.15) is 12.4 Å². The third-order valence-electron chi connectivity index (χ3n) is 3.94. The number of amides is 2. The normalized spacial score (nSPS) is 17.2. The predicted octanol–water partition coefficient (Wildman–Crippen LogP) is 1.28. The number of halogens is 1. The molecule has 5 nitrogen and oxygen atoms in total. The lowest BCUT2D eigenvalue weighted by Crippen LogP contribution is -2.42. The number of carbonyl (C=O) groups excluding carboxylic acids is 3. The van der Waals surface area contributed by atoms with Gasteiger partial charge >= 0.3 is 0 Å². The number of benzene rings is 1. The van der Waals surface area contributed by atoms with Gasteiger partial charge in [0.15, 0.2) is 0 Å². The van der Waals surface area contributed by atoms with E-state index >= 15 is 0 Å². The highest BCUT2D eigenvalue weighted by atomic mass is 19.1. The van der Waals surface area contributed by atoms with Crippen LogP contribution in [0.15, 0.2) is 12.1 Å². The van der Waals surface area contributed by atoms with Crippen molar-refractivity contribution in [1.29, 1.82) is 0 Å². The maximum Gasteiger partial charge on any atom is 0.300 e. The van der Waals surface area contributed by atoms with Crippen LogP contribution in [0.4, 0.5) is 10.1 Å². The zero-order valence-electron chi connectivity index (χ0n) is 11.9. The maximum atomic E-state index is 14.1. The van der Waals surface area contributed by atoms with Gasteiger partial charge in [-0.25, -0.2) is 4.39 Å². The molecule has 0 aromatic heterocycles. The highest BCUT2D eigenvalue weighted by Crippen LogP contribution is 2.33. The molecule has 3 rings (SSSR count). The summed E-state index contributed by atoms with van der Waals surface area (Å²) in [5.74, 6) is -2.53. The van der Waals surface area contributed by atoms with E-state index in [0.717, 1.165) is 17.7 Å². The van der Waals surface area contributed by atoms with Crippen LogP contribution >= 0.6 is 0 Å². The van der Waals surface area contributed by atoms with Gasteiger partial charge in [0, 0.05) is 13.1 Å². The van der Waals surface area contributed by atoms with Gasteiger partial charge in [0.05, 0.1) is 11.3 Å². The van der Waals surface area contributed by atoms with Crippen LogP contribution in [0.3, 0.4) is 0 Å². The van der Waals surface area contributed by atoms with Crippen molar-refractivity contribution in [1.82, 2.24) is 4.90 Å². The molecule has 0 atom stereocenters. The zero-order valence-corrected chi connectivity index (χ0v) is 11.9. The molecule has 1 heterocycles. The number of hydrogen-bond donors (Lipinski definition) is 0. The summed E-state index contributed by atoms with van der Waals surface area (Å²) in [4.78, 5) is 38.6. The third kappa shape index (κ3) is 2.20. The molecule has 1 aromatic rings. The van der Waals surface area contributed by atoms with E-state index in [-0.39, 0.29) is 29.7 Å². The molecular weight excluding hydrogens is 275 g/mol. The van der Waals surface area contributed by atoms with Gasteiger partial charge < -0.3 is 4.90 Å². The monoisotopic (exact) mass is 290 g/mol. The van der Waals surface area contributed by atoms with Crippen molar-refractivity contribution in [2.24, 2.45) is 0 Å². The molecular formula is C15H15FN2O3. The molecule has 1 aliphatic carbocycles. The number of fused-ring (bicyclic) bond motifs is 1. The molecule has 21 heavy (non-hydrogen) atoms. The molecule has 0 N–H and O–H groups in total. The Morgan fingerprint density at radius 1 is 1.38 bits per heavy atom. The quantitative estimate of drug-likeness (QED) is 0.788. The summed E-state index contributed by atoms with van der Waals surface area (Å²) in [5, 5.41) is 0. The second-order valence-corrected chi connectivity index (χ2v) is 5.60. The zero-order chi connectivity index (χ0) is 15.3. The van der Waals surface area contributed by atoms with Gasteiger partial charge in [-0.3, -0.25) is 19.3 Å². The molecule has 6 heteroatoms. The minimum Gasteiger partial charge on any atom is -0.341 e. The Balaban J connectivity index is 1.92. The molecule has 1 saturated carbocycles. The Labute approximate surface area is 121 Å². The second kappa shape index (κ2) is 4.65. The molecule has 0 bridgehead atoms. The van der Waals surface area contributed by atoms with Gasteiger partial charge in [-0.15, -0.1) is 0 Å². The summed E-state index contributed by atoms with van der Waals surface area (Å²) in [6.07, 6.45) is 1.89. The third-order valence-corrected chi connectivity index (χ3v) is 3.94. The van der Waals surface area contributed by atoms with Crippen LogP contribution in [-0.2, 0) is 9.59 Å². The summed E-state index contributed by atoms with van der Waals surface area (Å²) >= 11 is 0. The topological polar surface area (TPSA) is 57.7 Å². The van der Waals surface area contributed by atoms with Crippen molar-refractivity contribution in [3.63, 3.8) is 0 Å². The van der Waals surface area contributed by atoms with Crippen LogP contribution in [0, 0.1) is 12.7 Å². The maximum absolute atomic E-state index is 14.1. The first kappa shape index (κ1) is 13.7. The molecule has 110 valence electrons. The van der Waals surface area contributed by atoms with E-state index in [1.54, 1.807) is 18.9 Å². The molecule has 0 unspecified atom stereocenters. The van der Waals surface area contributed by atoms with Crippen LogP contribution in [0.1, 0.15) is 28.8 Å². The lowest BCUT2D eigenvalue weighted by molar-refractivity contribution is -0.130. The highest BCUT2D eigenvalue weighted by molar-refractivity contribution is 6.52. The summed E-state index contributed by atoms with van der Waals surface area (Å²) in [5.41, 5.74) is 0.531. The standard InChI is InChI=1S/C15H15FN2O3/c1-8-5-10-13(11(16)6-8)18(15(21)14(10)20)7-12(19)17(2)9-3-4-9/h5-6,9H,3-4,7H2,1-2H3. The lowest BCUT2D eigenvalue weighted by Gasteiger charge is -2.21. The van der Waals surface area contributed by atoms with Crippen molar-refractivity contribution >= 4 is 23.3 Å². The van der Waals surface area contributed by atoms with E-state index in [2.05, 4.69) is 0 Å². The van der Waals surface area contributed by atoms with E-state index in [1.807, 2.05) is 0 Å². The molecule has 1 aromatic carbocycles. The summed E-state index contributed by atoms with van der Waals surface area (Å²) in [6.45, 7) is 1.35. The number of aryl methyl sites for hydroxylation is 1. The molecule has 2 aliphatic rings. The molecule has 2 amide bonds. The summed E-state index contributed by atoms with van der Waals surface area (Å²) in [6, 6.07) is 2.94. The number of carbonyl (C=O) groups is 3. The number of Topliss-reactive ketones (excluding diaryl/α,β-unsaturated/α-hetero) is 1. The van der Waals surface area contributed by atoms with Crippen LogP contribution in [-0.4, -0.2) is 42.1 Å². The fourth-order valence-electron chi connectivity index (χ4n) is 2.58. The average Bonchev–Trinajstić information content (AvgIpc) is 3.23. The first-order chi connectivity index (χ1) is 9.90. The van der Waals surface area contributed by atoms with Crippen molar-refractivity contribution in [3.8, 4) is 0 Å². The SMILES string of the molecule is Cc1cc(F)c2c(c1)C(=O)C(=O)N2CC(=O)N(C)C1CC1. The minimum absolute atomic E-state index is 0.0411. The largest absolute Gasteiger partial charge is 0.341 e. The van der Waals surface area contributed by atoms with E-state index in [1.165, 1.54) is 12.1 Å². The van der Waals surface area contributed by atoms with Crippen LogP contribution < -0.4 is 4.90 Å². The van der Waals surface area contributed by atoms with Crippen molar-refractivity contribution in [2.45, 2.75) is 25.8 Å². The Bertz CT molecular complexity index is 667. The average molecular weight is 290 g/mol. The van der Waals surface area contributed by atoms with Gasteiger partial charge in [-0.05, 0) is 37.5 Å². The number of nitrogens with zero attached hydrogens (tertiary/aromatic N) is 2. The van der Waals surface area contributed by atoms with Crippen molar-refractivity contribution in [2.75, 3.05) is 18.5 Å². The predicted molar refractivity (Wildman–Crippen MR) is 73.6 cm³/mol. The van der Waals surface area contributed by atoms with Crippen molar-refractivity contribution < 1.29 is 18.8 Å². The molecule has 0 radical (unpaired) electrons. The van der Waals surface area contributed by atoms with Crippen LogP contribution in [0.25, 0.3) is 0 Å². The van der Waals surface area contributed by atoms with Gasteiger partial charge in [0.25, 0.3) is 11.7 Å². The minimum atomic E-state index is -0.841. The first-order valence-electron chi connectivity index (χ1n) is 6.82. The first-order valence-corrected chi connectivity index (χ1v) is 6.82. The van der Waals surface area contributed by atoms with Gasteiger partial charge in [-0.1, -0.05) is 0 Å². The smallest absolute Gasteiger partial charge is 0.300 e. The molecule has 0 saturated heterocycles. The van der Waals surface area contributed by atoms with Crippen LogP contribution in [0.2, 0.25) is 0 Å². The molecule has 1 fully saturated rings. The number of rotatable bonds is 3. The molecule has 0 spiro atoms. The molecule has 1 aliphatic heterocycles. The van der Waals surface area contributed by atoms with Crippen LogP contribution in [0.5, 0.6) is 0 Å². The van der Waals surface area contributed by atoms with E-state index in [4.69, 9.17) is 0 Å². The summed E-state index contributed by atoms with van der Waals surface area (Å²) in [7, 11) is 1.66. The Morgan fingerprint density at radius 3 is 2.67 bits per heavy atom. The Kier molecular flexibility index (Phi) is 3.04. The van der Waals surface area contributed by atoms with Gasteiger partial charge in [0.2, 0.25) is 5.91 Å². The Hall–Kier alpha value is -2.24. The number of anilines is 1. The second-order valence-electron chi connectivity index (χ2n) is 5.60. The summed E-state index contributed by atoms with van der Waals surface area (Å²) < 4.78 is 14.1. The Morgan fingerprint density at radius 2 is 2.05 bits per heavy atom.